The van der Waals surface area contributed by atoms with E-state index in [4.69, 9.17) is 5.14 Å². The average molecular weight is 230 g/mol. The Kier molecular flexibility index (Phi) is 4.82. The maximum absolute atomic E-state index is 10.6. The Morgan fingerprint density at radius 2 is 1.54 bits per heavy atom. The summed E-state index contributed by atoms with van der Waals surface area (Å²) in [5.74, 6) is -0.186. The molecular weight excluding hydrogens is 216 g/mol. The second-order valence-electron chi connectivity index (χ2n) is 2.75. The lowest BCUT2D eigenvalue weighted by atomic mass is 10.7. The van der Waals surface area contributed by atoms with Gasteiger partial charge in [0, 0.05) is 19.3 Å². The van der Waals surface area contributed by atoms with Gasteiger partial charge in [0.15, 0.2) is 0 Å². The molecule has 80 valence electrons. The van der Waals surface area contributed by atoms with Gasteiger partial charge in [0.2, 0.25) is 10.0 Å². The largest absolute Gasteiger partial charge is 0.315 e. The molecule has 0 amide bonds. The minimum absolute atomic E-state index is 0.00236. The monoisotopic (exact) mass is 230 g/mol. The molecule has 0 aromatic rings. The zero-order valence-electron chi connectivity index (χ0n) is 7.36. The van der Waals surface area contributed by atoms with Crippen LogP contribution in [0.15, 0.2) is 0 Å². The maximum atomic E-state index is 10.6. The second kappa shape index (κ2) is 4.89. The molecule has 0 unspecified atom stereocenters. The van der Waals surface area contributed by atoms with E-state index >= 15 is 0 Å². The molecule has 0 aliphatic heterocycles. The van der Waals surface area contributed by atoms with Crippen LogP contribution in [0, 0.1) is 0 Å². The Balaban J connectivity index is 3.50. The van der Waals surface area contributed by atoms with Crippen LogP contribution in [0.3, 0.4) is 0 Å². The highest BCUT2D eigenvalue weighted by Gasteiger charge is 2.03. The van der Waals surface area contributed by atoms with Crippen molar-refractivity contribution in [2.24, 2.45) is 5.14 Å². The molecule has 8 heteroatoms. The van der Waals surface area contributed by atoms with Gasteiger partial charge in [-0.25, -0.2) is 22.0 Å². The fraction of sp³-hybridized carbons (Fsp3) is 1.00. The molecule has 0 spiro atoms. The van der Waals surface area contributed by atoms with Crippen LogP contribution in [-0.2, 0) is 19.9 Å². The third-order valence-corrected chi connectivity index (χ3v) is 2.93. The minimum Gasteiger partial charge on any atom is -0.315 e. The fourth-order valence-electron chi connectivity index (χ4n) is 0.597. The van der Waals surface area contributed by atoms with Crippen molar-refractivity contribution in [3.8, 4) is 0 Å². The first kappa shape index (κ1) is 12.8. The van der Waals surface area contributed by atoms with Crippen molar-refractivity contribution < 1.29 is 16.8 Å². The highest BCUT2D eigenvalue weighted by Crippen LogP contribution is 1.80. The number of primary sulfonamides is 1. The molecule has 0 rings (SSSR count). The Morgan fingerprint density at radius 3 is 1.92 bits per heavy atom. The van der Waals surface area contributed by atoms with Gasteiger partial charge in [-0.1, -0.05) is 0 Å². The normalized spacial score (nSPS) is 13.1. The van der Waals surface area contributed by atoms with E-state index in [1.54, 1.807) is 0 Å². The van der Waals surface area contributed by atoms with E-state index in [-0.39, 0.29) is 24.6 Å². The predicted molar refractivity (Wildman–Crippen MR) is 50.6 cm³/mol. The Morgan fingerprint density at radius 1 is 1.08 bits per heavy atom. The molecule has 0 saturated carbocycles. The third-order valence-electron chi connectivity index (χ3n) is 1.21. The molecule has 6 nitrogen and oxygen atoms in total. The first-order chi connectivity index (χ1) is 5.71. The van der Waals surface area contributed by atoms with Crippen LogP contribution < -0.4 is 10.5 Å². The summed E-state index contributed by atoms with van der Waals surface area (Å²) in [5, 5.41) is 7.38. The molecule has 0 atom stereocenters. The van der Waals surface area contributed by atoms with Gasteiger partial charge in [0.1, 0.15) is 9.84 Å². The van der Waals surface area contributed by atoms with Crippen molar-refractivity contribution in [2.75, 3.05) is 30.9 Å². The minimum atomic E-state index is -3.45. The van der Waals surface area contributed by atoms with Crippen LogP contribution in [0.4, 0.5) is 0 Å². The Bertz CT molecular complexity index is 298. The highest BCUT2D eigenvalue weighted by atomic mass is 32.2. The van der Waals surface area contributed by atoms with Crippen molar-refractivity contribution in [3.63, 3.8) is 0 Å². The van der Waals surface area contributed by atoms with Crippen LogP contribution >= 0.6 is 0 Å². The van der Waals surface area contributed by atoms with Crippen molar-refractivity contribution in [2.45, 2.75) is 0 Å². The van der Waals surface area contributed by atoms with E-state index in [1.165, 1.54) is 0 Å². The van der Waals surface area contributed by atoms with E-state index in [1.807, 2.05) is 0 Å². The summed E-state index contributed by atoms with van der Waals surface area (Å²) >= 11 is 0. The third kappa shape index (κ3) is 11.8. The quantitative estimate of drug-likeness (QED) is 0.509. The smallest absolute Gasteiger partial charge is 0.210 e. The maximum Gasteiger partial charge on any atom is 0.210 e. The van der Waals surface area contributed by atoms with E-state index in [0.717, 1.165) is 6.26 Å². The topological polar surface area (TPSA) is 106 Å². The van der Waals surface area contributed by atoms with E-state index in [9.17, 15) is 16.8 Å². The molecule has 0 aromatic carbocycles. The van der Waals surface area contributed by atoms with Crippen LogP contribution in [0.5, 0.6) is 0 Å². The summed E-state index contributed by atoms with van der Waals surface area (Å²) in [6, 6.07) is 0. The molecule has 0 fully saturated rings. The lowest BCUT2D eigenvalue weighted by molar-refractivity contribution is 0.591. The molecule has 0 radical (unpaired) electrons. The molecule has 0 saturated heterocycles. The summed E-state index contributed by atoms with van der Waals surface area (Å²) < 4.78 is 42.0. The first-order valence-corrected chi connectivity index (χ1v) is 7.37. The SMILES string of the molecule is CS(=O)(=O)CCNCCS(N)(=O)=O. The molecule has 13 heavy (non-hydrogen) atoms. The first-order valence-electron chi connectivity index (χ1n) is 3.60. The summed E-state index contributed by atoms with van der Waals surface area (Å²) in [6.07, 6.45) is 1.12. The standard InChI is InChI=1S/C5H14N2O4S2/c1-12(8,9)4-2-7-3-5-13(6,10)11/h7H,2-5H2,1H3,(H2,6,10,11). The molecular formula is C5H14N2O4S2. The number of hydrogen-bond acceptors (Lipinski definition) is 5. The second-order valence-corrected chi connectivity index (χ2v) is 6.74. The van der Waals surface area contributed by atoms with Crippen molar-refractivity contribution in [1.82, 2.24) is 5.32 Å². The van der Waals surface area contributed by atoms with Gasteiger partial charge in [-0.15, -0.1) is 0 Å². The highest BCUT2D eigenvalue weighted by molar-refractivity contribution is 7.90. The van der Waals surface area contributed by atoms with Gasteiger partial charge in [-0.05, 0) is 0 Å². The molecule has 0 bridgehead atoms. The summed E-state index contributed by atoms with van der Waals surface area (Å²) in [4.78, 5) is 0. The van der Waals surface area contributed by atoms with Gasteiger partial charge in [-0.3, -0.25) is 0 Å². The van der Waals surface area contributed by atoms with Crippen molar-refractivity contribution in [3.05, 3.63) is 0 Å². The van der Waals surface area contributed by atoms with E-state index in [0.29, 0.717) is 0 Å². The summed E-state index contributed by atoms with van der Waals surface area (Å²) in [5.41, 5.74) is 0. The zero-order valence-corrected chi connectivity index (χ0v) is 8.99. The fourth-order valence-corrected chi connectivity index (χ4v) is 1.54. The van der Waals surface area contributed by atoms with E-state index < -0.39 is 19.9 Å². The predicted octanol–water partition coefficient (Wildman–Crippen LogP) is -2.09. The molecule has 3 N–H and O–H groups in total. The molecule has 0 aliphatic carbocycles. The van der Waals surface area contributed by atoms with Crippen LogP contribution in [0.25, 0.3) is 0 Å². The average Bonchev–Trinajstić information content (AvgIpc) is 1.81. The zero-order chi connectivity index (χ0) is 10.5. The lowest BCUT2D eigenvalue weighted by Gasteiger charge is -2.01. The number of nitrogens with one attached hydrogen (secondary N) is 1. The molecule has 0 aromatic heterocycles. The Hall–Kier alpha value is -0.180. The van der Waals surface area contributed by atoms with Gasteiger partial charge in [-0.2, -0.15) is 0 Å². The number of hydrogen-bond donors (Lipinski definition) is 2. The summed E-state index contributed by atoms with van der Waals surface area (Å²) in [6.45, 7) is 0.419. The number of sulfone groups is 1. The summed E-state index contributed by atoms with van der Waals surface area (Å²) in [7, 11) is -6.44. The van der Waals surface area contributed by atoms with E-state index in [2.05, 4.69) is 5.32 Å². The van der Waals surface area contributed by atoms with Crippen LogP contribution in [0.1, 0.15) is 0 Å². The lowest BCUT2D eigenvalue weighted by Crippen LogP contribution is -2.30. The van der Waals surface area contributed by atoms with Gasteiger partial charge < -0.3 is 5.32 Å². The van der Waals surface area contributed by atoms with Crippen LogP contribution in [-0.4, -0.2) is 47.7 Å². The molecule has 0 heterocycles. The van der Waals surface area contributed by atoms with Gasteiger partial charge >= 0.3 is 0 Å². The number of rotatable bonds is 6. The van der Waals surface area contributed by atoms with Crippen LogP contribution in [0.2, 0.25) is 0 Å². The molecule has 0 aliphatic rings. The van der Waals surface area contributed by atoms with Crippen molar-refractivity contribution in [1.29, 1.82) is 0 Å². The van der Waals surface area contributed by atoms with Crippen molar-refractivity contribution >= 4 is 19.9 Å². The van der Waals surface area contributed by atoms with Gasteiger partial charge in [0.25, 0.3) is 0 Å². The van der Waals surface area contributed by atoms with Gasteiger partial charge in [0.05, 0.1) is 11.5 Å². The Labute approximate surface area is 78.5 Å². The number of sulfonamides is 1. The number of nitrogens with two attached hydrogens (primary N) is 1.